The minimum Gasteiger partial charge on any atom is -0.478 e. The van der Waals surface area contributed by atoms with Crippen LogP contribution < -0.4 is 5.56 Å². The molecule has 0 amide bonds. The van der Waals surface area contributed by atoms with Crippen molar-refractivity contribution in [2.75, 3.05) is 0 Å². The van der Waals surface area contributed by atoms with Crippen molar-refractivity contribution in [3.05, 3.63) is 58.0 Å². The summed E-state index contributed by atoms with van der Waals surface area (Å²) < 4.78 is 0. The largest absolute Gasteiger partial charge is 0.478 e. The molecule has 0 fully saturated rings. The van der Waals surface area contributed by atoms with Crippen LogP contribution in [0.15, 0.2) is 41.3 Å². The molecule has 90 valence electrons. The van der Waals surface area contributed by atoms with Crippen molar-refractivity contribution < 1.29 is 14.7 Å². The lowest BCUT2D eigenvalue weighted by Crippen LogP contribution is -2.10. The fraction of sp³-hybridized carbons (Fsp3) is 0. The Balaban J connectivity index is 2.66. The number of aromatic carboxylic acids is 1. The van der Waals surface area contributed by atoms with E-state index in [4.69, 9.17) is 5.11 Å². The molecular formula is C13H9NO4. The van der Waals surface area contributed by atoms with Crippen LogP contribution >= 0.6 is 0 Å². The summed E-state index contributed by atoms with van der Waals surface area (Å²) in [6.45, 7) is 0. The number of H-pyrrole nitrogens is 1. The van der Waals surface area contributed by atoms with Crippen LogP contribution in [0, 0.1) is 0 Å². The van der Waals surface area contributed by atoms with Crippen LogP contribution in [-0.2, 0) is 0 Å². The molecule has 0 atom stereocenters. The minimum absolute atomic E-state index is 0.0956. The van der Waals surface area contributed by atoms with E-state index >= 15 is 0 Å². The Kier molecular flexibility index (Phi) is 3.05. The molecule has 2 aromatic rings. The number of carboxylic acid groups (broad SMARTS) is 1. The molecule has 0 aliphatic rings. The van der Waals surface area contributed by atoms with Gasteiger partial charge in [0.25, 0.3) is 0 Å². The smallest absolute Gasteiger partial charge is 0.336 e. The topological polar surface area (TPSA) is 87.2 Å². The number of rotatable bonds is 3. The van der Waals surface area contributed by atoms with E-state index in [1.54, 1.807) is 24.3 Å². The number of aromatic amines is 1. The Morgan fingerprint density at radius 3 is 2.72 bits per heavy atom. The van der Waals surface area contributed by atoms with Crippen LogP contribution in [0.1, 0.15) is 20.7 Å². The van der Waals surface area contributed by atoms with Gasteiger partial charge in [0.1, 0.15) is 6.29 Å². The third kappa shape index (κ3) is 2.20. The lowest BCUT2D eigenvalue weighted by molar-refractivity contribution is 0.0697. The van der Waals surface area contributed by atoms with E-state index in [2.05, 4.69) is 4.98 Å². The number of aromatic nitrogens is 1. The maximum absolute atomic E-state index is 11.1. The molecule has 5 heteroatoms. The molecule has 0 aliphatic carbocycles. The first kappa shape index (κ1) is 11.8. The molecule has 5 nitrogen and oxygen atoms in total. The highest BCUT2D eigenvalue weighted by Gasteiger charge is 2.12. The zero-order chi connectivity index (χ0) is 13.1. The average Bonchev–Trinajstić information content (AvgIpc) is 2.38. The van der Waals surface area contributed by atoms with Crippen molar-refractivity contribution in [1.29, 1.82) is 0 Å². The molecule has 2 rings (SSSR count). The number of carbonyl (C=O) groups excluding carboxylic acids is 1. The Labute approximate surface area is 102 Å². The number of benzene rings is 1. The normalized spacial score (nSPS) is 10.0. The number of carbonyl (C=O) groups is 2. The van der Waals surface area contributed by atoms with Gasteiger partial charge in [-0.25, -0.2) is 4.79 Å². The number of aldehydes is 1. The van der Waals surface area contributed by atoms with Gasteiger partial charge in [-0.1, -0.05) is 18.2 Å². The lowest BCUT2D eigenvalue weighted by atomic mass is 10.0. The predicted octanol–water partition coefficient (Wildman–Crippen LogP) is 1.55. The van der Waals surface area contributed by atoms with Gasteiger partial charge < -0.3 is 10.1 Å². The van der Waals surface area contributed by atoms with Gasteiger partial charge in [0, 0.05) is 23.4 Å². The van der Waals surface area contributed by atoms with Gasteiger partial charge >= 0.3 is 5.97 Å². The molecule has 0 bridgehead atoms. The summed E-state index contributed by atoms with van der Waals surface area (Å²) in [6, 6.07) is 7.52. The predicted molar refractivity (Wildman–Crippen MR) is 64.8 cm³/mol. The third-order valence-electron chi connectivity index (χ3n) is 2.49. The van der Waals surface area contributed by atoms with Crippen LogP contribution in [0.5, 0.6) is 0 Å². The Hall–Kier alpha value is -2.69. The van der Waals surface area contributed by atoms with E-state index in [9.17, 15) is 14.4 Å². The molecule has 1 heterocycles. The van der Waals surface area contributed by atoms with E-state index in [-0.39, 0.29) is 5.56 Å². The Bertz CT molecular complexity index is 673. The van der Waals surface area contributed by atoms with Gasteiger partial charge in [-0.3, -0.25) is 9.59 Å². The van der Waals surface area contributed by atoms with E-state index in [1.807, 2.05) is 0 Å². The second-order valence-electron chi connectivity index (χ2n) is 3.67. The molecule has 2 N–H and O–H groups in total. The summed E-state index contributed by atoms with van der Waals surface area (Å²) in [7, 11) is 0. The van der Waals surface area contributed by atoms with Crippen molar-refractivity contribution in [2.45, 2.75) is 0 Å². The fourth-order valence-corrected chi connectivity index (χ4v) is 1.67. The molecule has 1 aromatic carbocycles. The fourth-order valence-electron chi connectivity index (χ4n) is 1.67. The molecule has 0 saturated carbocycles. The highest BCUT2D eigenvalue weighted by molar-refractivity contribution is 5.96. The summed E-state index contributed by atoms with van der Waals surface area (Å²) >= 11 is 0. The number of carboxylic acids is 1. The second-order valence-corrected chi connectivity index (χ2v) is 3.67. The van der Waals surface area contributed by atoms with Crippen LogP contribution in [0.4, 0.5) is 0 Å². The van der Waals surface area contributed by atoms with Crippen LogP contribution in [0.3, 0.4) is 0 Å². The maximum Gasteiger partial charge on any atom is 0.336 e. The second kappa shape index (κ2) is 4.67. The summed E-state index contributed by atoms with van der Waals surface area (Å²) in [6.07, 6.45) is 2.01. The van der Waals surface area contributed by atoms with Gasteiger partial charge in [-0.2, -0.15) is 0 Å². The molecule has 0 aliphatic heterocycles. The molecule has 1 aromatic heterocycles. The Morgan fingerprint density at radius 2 is 2.06 bits per heavy atom. The first-order valence-electron chi connectivity index (χ1n) is 5.13. The lowest BCUT2D eigenvalue weighted by Gasteiger charge is -2.05. The zero-order valence-electron chi connectivity index (χ0n) is 9.21. The van der Waals surface area contributed by atoms with Crippen molar-refractivity contribution in [3.63, 3.8) is 0 Å². The van der Waals surface area contributed by atoms with Gasteiger partial charge in [0.2, 0.25) is 5.56 Å². The summed E-state index contributed by atoms with van der Waals surface area (Å²) in [5.41, 5.74) is 0.790. The number of nitrogens with one attached hydrogen (secondary N) is 1. The average molecular weight is 243 g/mol. The molecule has 18 heavy (non-hydrogen) atoms. The van der Waals surface area contributed by atoms with Gasteiger partial charge in [-0.15, -0.1) is 0 Å². The Morgan fingerprint density at radius 1 is 1.28 bits per heavy atom. The summed E-state index contributed by atoms with van der Waals surface area (Å²) in [5.74, 6) is -1.19. The SMILES string of the molecule is O=Cc1cccc(-c2c[nH]c(=O)cc2C(=O)O)c1. The molecule has 0 radical (unpaired) electrons. The van der Waals surface area contributed by atoms with Crippen molar-refractivity contribution >= 4 is 12.3 Å². The number of pyridine rings is 1. The van der Waals surface area contributed by atoms with Gasteiger partial charge in [0.15, 0.2) is 0 Å². The molecule has 0 unspecified atom stereocenters. The van der Waals surface area contributed by atoms with Gasteiger partial charge in [0.05, 0.1) is 5.56 Å². The van der Waals surface area contributed by atoms with Gasteiger partial charge in [-0.05, 0) is 11.6 Å². The van der Waals surface area contributed by atoms with E-state index in [0.29, 0.717) is 23.0 Å². The minimum atomic E-state index is -1.19. The monoisotopic (exact) mass is 243 g/mol. The molecule has 0 saturated heterocycles. The maximum atomic E-state index is 11.1. The quantitative estimate of drug-likeness (QED) is 0.800. The molecular weight excluding hydrogens is 234 g/mol. The highest BCUT2D eigenvalue weighted by Crippen LogP contribution is 2.22. The highest BCUT2D eigenvalue weighted by atomic mass is 16.4. The zero-order valence-corrected chi connectivity index (χ0v) is 9.21. The number of hydrogen-bond acceptors (Lipinski definition) is 3. The first-order valence-corrected chi connectivity index (χ1v) is 5.13. The summed E-state index contributed by atoms with van der Waals surface area (Å²) in [4.78, 5) is 35.3. The third-order valence-corrected chi connectivity index (χ3v) is 2.49. The van der Waals surface area contributed by atoms with Crippen LogP contribution in [-0.4, -0.2) is 22.3 Å². The summed E-state index contributed by atoms with van der Waals surface area (Å²) in [5, 5.41) is 9.06. The van der Waals surface area contributed by atoms with E-state index in [1.165, 1.54) is 6.20 Å². The number of hydrogen-bond donors (Lipinski definition) is 2. The van der Waals surface area contributed by atoms with Crippen molar-refractivity contribution in [3.8, 4) is 11.1 Å². The van der Waals surface area contributed by atoms with Crippen molar-refractivity contribution in [2.24, 2.45) is 0 Å². The standard InChI is InChI=1S/C13H9NO4/c15-7-8-2-1-3-9(4-8)11-6-14-12(16)5-10(11)13(17)18/h1-7H,(H,14,16)(H,17,18). The van der Waals surface area contributed by atoms with Crippen LogP contribution in [0.25, 0.3) is 11.1 Å². The first-order chi connectivity index (χ1) is 8.61. The van der Waals surface area contributed by atoms with Crippen molar-refractivity contribution in [1.82, 2.24) is 4.98 Å². The van der Waals surface area contributed by atoms with E-state index in [0.717, 1.165) is 6.07 Å². The van der Waals surface area contributed by atoms with E-state index < -0.39 is 11.5 Å². The molecule has 0 spiro atoms. The van der Waals surface area contributed by atoms with Crippen LogP contribution in [0.2, 0.25) is 0 Å².